The standard InChI is InChI=1S/C9H12N2O2.ClH/c1-6-3-8(4-7(2)11-6)5-13-9(10)12;/h3-4H,5H2,1-2H3,(H2,10,12);1H. The molecule has 0 aliphatic heterocycles. The molecule has 0 aliphatic rings. The SMILES string of the molecule is Cc1cc(COC(N)=O)cc(C)n1.Cl. The van der Waals surface area contributed by atoms with E-state index in [1.165, 1.54) is 0 Å². The molecule has 0 saturated carbocycles. The van der Waals surface area contributed by atoms with Crippen molar-refractivity contribution in [1.82, 2.24) is 4.98 Å². The Bertz CT molecular complexity index is 308. The molecule has 78 valence electrons. The monoisotopic (exact) mass is 216 g/mol. The number of carbonyl (C=O) groups is 1. The molecular formula is C9H13ClN2O2. The largest absolute Gasteiger partial charge is 0.445 e. The molecule has 1 amide bonds. The summed E-state index contributed by atoms with van der Waals surface area (Å²) in [5, 5.41) is 0. The molecule has 2 N–H and O–H groups in total. The minimum atomic E-state index is -0.757. The first kappa shape index (κ1) is 12.7. The molecule has 0 unspecified atom stereocenters. The summed E-state index contributed by atoms with van der Waals surface area (Å²) in [6, 6.07) is 3.71. The van der Waals surface area contributed by atoms with Crippen LogP contribution in [0.1, 0.15) is 17.0 Å². The lowest BCUT2D eigenvalue weighted by Crippen LogP contribution is -2.12. The molecule has 1 heterocycles. The highest BCUT2D eigenvalue weighted by Gasteiger charge is 1.99. The molecule has 0 radical (unpaired) electrons. The van der Waals surface area contributed by atoms with Crippen molar-refractivity contribution in [2.45, 2.75) is 20.5 Å². The summed E-state index contributed by atoms with van der Waals surface area (Å²) >= 11 is 0. The van der Waals surface area contributed by atoms with E-state index < -0.39 is 6.09 Å². The summed E-state index contributed by atoms with van der Waals surface area (Å²) in [5.41, 5.74) is 7.56. The minimum absolute atomic E-state index is 0. The Hall–Kier alpha value is -1.29. The predicted molar refractivity (Wildman–Crippen MR) is 55.3 cm³/mol. The first-order valence-corrected chi connectivity index (χ1v) is 3.94. The summed E-state index contributed by atoms with van der Waals surface area (Å²) in [4.78, 5) is 14.5. The van der Waals surface area contributed by atoms with Gasteiger partial charge in [-0.3, -0.25) is 4.98 Å². The number of carbonyl (C=O) groups excluding carboxylic acids is 1. The van der Waals surface area contributed by atoms with Crippen LogP contribution < -0.4 is 5.73 Å². The number of rotatable bonds is 2. The Kier molecular flexibility index (Phi) is 4.94. The Morgan fingerprint density at radius 2 is 1.93 bits per heavy atom. The Labute approximate surface area is 88.9 Å². The first-order chi connectivity index (χ1) is 6.08. The van der Waals surface area contributed by atoms with Crippen LogP contribution in [-0.2, 0) is 11.3 Å². The Morgan fingerprint density at radius 1 is 1.43 bits per heavy atom. The van der Waals surface area contributed by atoms with Gasteiger partial charge in [0.1, 0.15) is 6.61 Å². The molecule has 0 saturated heterocycles. The lowest BCUT2D eigenvalue weighted by atomic mass is 10.2. The summed E-state index contributed by atoms with van der Waals surface area (Å²) in [6.45, 7) is 3.99. The van der Waals surface area contributed by atoms with Crippen LogP contribution in [0.15, 0.2) is 12.1 Å². The second kappa shape index (κ2) is 5.44. The number of pyridine rings is 1. The van der Waals surface area contributed by atoms with Gasteiger partial charge >= 0.3 is 6.09 Å². The fourth-order valence-corrected chi connectivity index (χ4v) is 1.16. The van der Waals surface area contributed by atoms with E-state index in [1.807, 2.05) is 26.0 Å². The molecule has 0 aliphatic carbocycles. The van der Waals surface area contributed by atoms with Crippen LogP contribution in [0, 0.1) is 13.8 Å². The molecular weight excluding hydrogens is 204 g/mol. The first-order valence-electron chi connectivity index (χ1n) is 3.94. The van der Waals surface area contributed by atoms with Crippen molar-refractivity contribution in [2.24, 2.45) is 5.73 Å². The number of ether oxygens (including phenoxy) is 1. The minimum Gasteiger partial charge on any atom is -0.445 e. The van der Waals surface area contributed by atoms with Crippen LogP contribution in [0.25, 0.3) is 0 Å². The summed E-state index contributed by atoms with van der Waals surface area (Å²) in [5.74, 6) is 0. The summed E-state index contributed by atoms with van der Waals surface area (Å²) in [7, 11) is 0. The molecule has 0 bridgehead atoms. The number of amides is 1. The molecule has 1 aromatic heterocycles. The maximum atomic E-state index is 10.3. The summed E-state index contributed by atoms with van der Waals surface area (Å²) in [6.07, 6.45) is -0.757. The van der Waals surface area contributed by atoms with Gasteiger partial charge in [0.25, 0.3) is 0 Å². The van der Waals surface area contributed by atoms with Gasteiger partial charge in [0.05, 0.1) is 0 Å². The molecule has 5 heteroatoms. The van der Waals surface area contributed by atoms with Gasteiger partial charge in [0, 0.05) is 11.4 Å². The van der Waals surface area contributed by atoms with Crippen molar-refractivity contribution in [2.75, 3.05) is 0 Å². The predicted octanol–water partition coefficient (Wildman–Crippen LogP) is 1.72. The second-order valence-corrected chi connectivity index (χ2v) is 2.87. The normalized spacial score (nSPS) is 9.00. The number of hydrogen-bond donors (Lipinski definition) is 1. The van der Waals surface area contributed by atoms with Gasteiger partial charge < -0.3 is 10.5 Å². The third-order valence-corrected chi connectivity index (χ3v) is 1.52. The van der Waals surface area contributed by atoms with E-state index in [2.05, 4.69) is 9.72 Å². The van der Waals surface area contributed by atoms with E-state index in [9.17, 15) is 4.79 Å². The van der Waals surface area contributed by atoms with Crippen LogP contribution in [0.4, 0.5) is 4.79 Å². The van der Waals surface area contributed by atoms with E-state index >= 15 is 0 Å². The van der Waals surface area contributed by atoms with Crippen molar-refractivity contribution >= 4 is 18.5 Å². The number of nitrogens with zero attached hydrogens (tertiary/aromatic N) is 1. The second-order valence-electron chi connectivity index (χ2n) is 2.87. The van der Waals surface area contributed by atoms with Gasteiger partial charge in [-0.15, -0.1) is 12.4 Å². The highest BCUT2D eigenvalue weighted by Crippen LogP contribution is 2.05. The number of aryl methyl sites for hydroxylation is 2. The Balaban J connectivity index is 0.00000169. The average molecular weight is 217 g/mol. The number of hydrogen-bond acceptors (Lipinski definition) is 3. The van der Waals surface area contributed by atoms with E-state index in [0.717, 1.165) is 17.0 Å². The van der Waals surface area contributed by atoms with Gasteiger partial charge in [-0.05, 0) is 31.5 Å². The van der Waals surface area contributed by atoms with Gasteiger partial charge in [-0.1, -0.05) is 0 Å². The topological polar surface area (TPSA) is 65.2 Å². The average Bonchev–Trinajstić information content (AvgIpc) is 1.99. The van der Waals surface area contributed by atoms with E-state index in [4.69, 9.17) is 5.73 Å². The quantitative estimate of drug-likeness (QED) is 0.819. The number of primary amides is 1. The lowest BCUT2D eigenvalue weighted by molar-refractivity contribution is 0.150. The highest BCUT2D eigenvalue weighted by molar-refractivity contribution is 5.85. The van der Waals surface area contributed by atoms with Crippen LogP contribution in [-0.4, -0.2) is 11.1 Å². The van der Waals surface area contributed by atoms with Crippen LogP contribution in [0.3, 0.4) is 0 Å². The lowest BCUT2D eigenvalue weighted by Gasteiger charge is -2.03. The fourth-order valence-electron chi connectivity index (χ4n) is 1.16. The fraction of sp³-hybridized carbons (Fsp3) is 0.333. The van der Waals surface area contributed by atoms with Crippen LogP contribution >= 0.6 is 12.4 Å². The van der Waals surface area contributed by atoms with Gasteiger partial charge in [0.15, 0.2) is 0 Å². The molecule has 0 atom stereocenters. The van der Waals surface area contributed by atoms with Crippen molar-refractivity contribution < 1.29 is 9.53 Å². The van der Waals surface area contributed by atoms with Gasteiger partial charge in [0.2, 0.25) is 0 Å². The third kappa shape index (κ3) is 4.09. The van der Waals surface area contributed by atoms with E-state index in [1.54, 1.807) is 0 Å². The van der Waals surface area contributed by atoms with Gasteiger partial charge in [-0.2, -0.15) is 0 Å². The number of aromatic nitrogens is 1. The number of halogens is 1. The maximum Gasteiger partial charge on any atom is 0.404 e. The summed E-state index contributed by atoms with van der Waals surface area (Å²) < 4.78 is 4.65. The molecule has 0 aromatic carbocycles. The molecule has 1 rings (SSSR count). The highest BCUT2D eigenvalue weighted by atomic mass is 35.5. The zero-order valence-electron chi connectivity index (χ0n) is 8.11. The molecule has 0 fully saturated rings. The zero-order valence-corrected chi connectivity index (χ0v) is 8.93. The van der Waals surface area contributed by atoms with E-state index in [0.29, 0.717) is 0 Å². The molecule has 4 nitrogen and oxygen atoms in total. The van der Waals surface area contributed by atoms with Crippen LogP contribution in [0.5, 0.6) is 0 Å². The maximum absolute atomic E-state index is 10.3. The third-order valence-electron chi connectivity index (χ3n) is 1.52. The van der Waals surface area contributed by atoms with Crippen molar-refractivity contribution in [3.63, 3.8) is 0 Å². The Morgan fingerprint density at radius 3 is 2.36 bits per heavy atom. The van der Waals surface area contributed by atoms with Crippen LogP contribution in [0.2, 0.25) is 0 Å². The molecule has 14 heavy (non-hydrogen) atoms. The van der Waals surface area contributed by atoms with Crippen molar-refractivity contribution in [1.29, 1.82) is 0 Å². The van der Waals surface area contributed by atoms with Gasteiger partial charge in [-0.25, -0.2) is 4.79 Å². The molecule has 0 spiro atoms. The van der Waals surface area contributed by atoms with E-state index in [-0.39, 0.29) is 19.0 Å². The van der Waals surface area contributed by atoms with Crippen molar-refractivity contribution in [3.8, 4) is 0 Å². The smallest absolute Gasteiger partial charge is 0.404 e. The zero-order chi connectivity index (χ0) is 9.84. The number of nitrogens with two attached hydrogens (primary N) is 1. The molecule has 1 aromatic rings. The van der Waals surface area contributed by atoms with Crippen molar-refractivity contribution in [3.05, 3.63) is 29.1 Å².